The van der Waals surface area contributed by atoms with Gasteiger partial charge in [0, 0.05) is 13.0 Å². The summed E-state index contributed by atoms with van der Waals surface area (Å²) in [7, 11) is 2.71. The fourth-order valence-corrected chi connectivity index (χ4v) is 2.78. The van der Waals surface area contributed by atoms with Gasteiger partial charge in [-0.1, -0.05) is 48.2 Å². The Bertz CT molecular complexity index is 688. The van der Waals surface area contributed by atoms with Gasteiger partial charge in [-0.25, -0.2) is 4.39 Å². The van der Waals surface area contributed by atoms with E-state index in [-0.39, 0.29) is 5.82 Å². The number of nitrogens with one attached hydrogen (secondary N) is 1. The van der Waals surface area contributed by atoms with Crippen LogP contribution in [0.2, 0.25) is 0 Å². The highest BCUT2D eigenvalue weighted by Gasteiger charge is 2.01. The van der Waals surface area contributed by atoms with Crippen molar-refractivity contribution in [2.45, 2.75) is 38.6 Å². The van der Waals surface area contributed by atoms with Crippen LogP contribution in [0.3, 0.4) is 0 Å². The zero-order valence-electron chi connectivity index (χ0n) is 14.7. The lowest BCUT2D eigenvalue weighted by Gasteiger charge is -2.05. The first-order chi connectivity index (χ1) is 12.3. The van der Waals surface area contributed by atoms with Crippen LogP contribution in [-0.2, 0) is 13.0 Å². The van der Waals surface area contributed by atoms with Gasteiger partial charge in [-0.2, -0.15) is 0 Å². The van der Waals surface area contributed by atoms with E-state index in [1.807, 2.05) is 12.1 Å². The molecule has 132 valence electrons. The summed E-state index contributed by atoms with van der Waals surface area (Å²) in [4.78, 5) is 0. The van der Waals surface area contributed by atoms with Gasteiger partial charge in [-0.15, -0.1) is 9.24 Å². The van der Waals surface area contributed by atoms with E-state index in [2.05, 4.69) is 50.7 Å². The molecule has 3 heteroatoms. The summed E-state index contributed by atoms with van der Waals surface area (Å²) >= 11 is 0. The van der Waals surface area contributed by atoms with Crippen LogP contribution >= 0.6 is 9.24 Å². The van der Waals surface area contributed by atoms with Crippen molar-refractivity contribution in [3.63, 3.8) is 0 Å². The van der Waals surface area contributed by atoms with E-state index in [1.165, 1.54) is 5.56 Å². The molecule has 0 aliphatic rings. The average Bonchev–Trinajstić information content (AvgIpc) is 2.64. The summed E-state index contributed by atoms with van der Waals surface area (Å²) in [6.07, 6.45) is 6.24. The Balaban J connectivity index is 1.72. The van der Waals surface area contributed by atoms with E-state index in [4.69, 9.17) is 0 Å². The number of rotatable bonds is 9. The first-order valence-corrected chi connectivity index (χ1v) is 9.83. The minimum absolute atomic E-state index is 0.220. The van der Waals surface area contributed by atoms with Crippen molar-refractivity contribution >= 4 is 9.24 Å². The van der Waals surface area contributed by atoms with Crippen molar-refractivity contribution in [1.29, 1.82) is 0 Å². The van der Waals surface area contributed by atoms with Gasteiger partial charge in [-0.3, -0.25) is 0 Å². The number of unbranched alkanes of at least 4 members (excludes halogenated alkanes) is 2. The van der Waals surface area contributed by atoms with Crippen molar-refractivity contribution in [2.24, 2.45) is 0 Å². The van der Waals surface area contributed by atoms with Gasteiger partial charge >= 0.3 is 0 Å². The van der Waals surface area contributed by atoms with E-state index in [0.717, 1.165) is 50.4 Å². The average molecular weight is 355 g/mol. The molecule has 0 aliphatic carbocycles. The molecule has 1 N–H and O–H groups in total. The maximum absolute atomic E-state index is 14.1. The highest BCUT2D eigenvalue weighted by Crippen LogP contribution is 2.10. The molecule has 25 heavy (non-hydrogen) atoms. The van der Waals surface area contributed by atoms with Crippen LogP contribution in [0.4, 0.5) is 4.39 Å². The topological polar surface area (TPSA) is 12.0 Å². The molecule has 1 atom stereocenters. The molecule has 2 aromatic rings. The Kier molecular flexibility index (Phi) is 9.27. The van der Waals surface area contributed by atoms with Crippen LogP contribution in [0.25, 0.3) is 0 Å². The number of hydrogen-bond donors (Lipinski definition) is 1. The second kappa shape index (κ2) is 11.8. The lowest BCUT2D eigenvalue weighted by molar-refractivity contribution is 0.616. The van der Waals surface area contributed by atoms with Crippen LogP contribution in [-0.4, -0.2) is 12.7 Å². The molecule has 0 radical (unpaired) electrons. The molecule has 0 saturated carbocycles. The predicted molar refractivity (Wildman–Crippen MR) is 108 cm³/mol. The van der Waals surface area contributed by atoms with Crippen molar-refractivity contribution in [2.75, 3.05) is 12.7 Å². The SMILES string of the molecule is Fc1cc(CNCCCP)ccc1C#CCCCCc1ccccc1. The third-order valence-electron chi connectivity index (χ3n) is 4.00. The minimum atomic E-state index is -0.220. The summed E-state index contributed by atoms with van der Waals surface area (Å²) in [5, 5.41) is 3.31. The maximum atomic E-state index is 14.1. The lowest BCUT2D eigenvalue weighted by atomic mass is 10.1. The summed E-state index contributed by atoms with van der Waals surface area (Å²) in [5.41, 5.74) is 2.83. The Morgan fingerprint density at radius 3 is 2.56 bits per heavy atom. The van der Waals surface area contributed by atoms with Crippen molar-refractivity contribution < 1.29 is 4.39 Å². The Hall–Kier alpha value is -1.68. The highest BCUT2D eigenvalue weighted by atomic mass is 31.0. The first kappa shape index (κ1) is 19.6. The Labute approximate surface area is 153 Å². The number of benzene rings is 2. The summed E-state index contributed by atoms with van der Waals surface area (Å²) < 4.78 is 14.1. The van der Waals surface area contributed by atoms with Gasteiger partial charge in [0.25, 0.3) is 0 Å². The zero-order chi connectivity index (χ0) is 17.7. The van der Waals surface area contributed by atoms with Gasteiger partial charge < -0.3 is 5.32 Å². The molecular weight excluding hydrogens is 328 g/mol. The second-order valence-electron chi connectivity index (χ2n) is 6.13. The highest BCUT2D eigenvalue weighted by molar-refractivity contribution is 7.16. The van der Waals surface area contributed by atoms with E-state index in [0.29, 0.717) is 12.1 Å². The van der Waals surface area contributed by atoms with Crippen LogP contribution in [0.1, 0.15) is 42.4 Å². The standard InChI is InChI=1S/C22H27FNP/c23-22-17-20(18-24-15-8-16-25)13-14-21(22)12-7-2-1-4-9-19-10-5-3-6-11-19/h3,5-6,10-11,13-14,17,24H,1-2,4,8-9,15-16,18,25H2. The van der Waals surface area contributed by atoms with E-state index in [1.54, 1.807) is 12.1 Å². The third-order valence-corrected chi connectivity index (χ3v) is 4.41. The van der Waals surface area contributed by atoms with Crippen LogP contribution < -0.4 is 5.32 Å². The molecule has 0 spiro atoms. The molecule has 1 unspecified atom stereocenters. The molecule has 0 fully saturated rings. The normalized spacial score (nSPS) is 10.3. The molecule has 0 heterocycles. The Morgan fingerprint density at radius 1 is 0.960 bits per heavy atom. The van der Waals surface area contributed by atoms with E-state index < -0.39 is 0 Å². The molecule has 2 aromatic carbocycles. The maximum Gasteiger partial charge on any atom is 0.139 e. The number of hydrogen-bond acceptors (Lipinski definition) is 1. The monoisotopic (exact) mass is 355 g/mol. The fourth-order valence-electron chi connectivity index (χ4n) is 2.57. The number of aryl methyl sites for hydroxylation is 1. The molecular formula is C22H27FNP. The lowest BCUT2D eigenvalue weighted by Crippen LogP contribution is -2.15. The zero-order valence-corrected chi connectivity index (χ0v) is 15.9. The van der Waals surface area contributed by atoms with Crippen LogP contribution in [0.5, 0.6) is 0 Å². The van der Waals surface area contributed by atoms with Gasteiger partial charge in [0.1, 0.15) is 5.82 Å². The second-order valence-corrected chi connectivity index (χ2v) is 6.71. The number of halogens is 1. The molecule has 2 rings (SSSR count). The van der Waals surface area contributed by atoms with Crippen LogP contribution in [0.15, 0.2) is 48.5 Å². The van der Waals surface area contributed by atoms with E-state index in [9.17, 15) is 4.39 Å². The quantitative estimate of drug-likeness (QED) is 0.381. The summed E-state index contributed by atoms with van der Waals surface area (Å²) in [5.74, 6) is 5.85. The fraction of sp³-hybridized carbons (Fsp3) is 0.364. The van der Waals surface area contributed by atoms with Gasteiger partial charge in [0.15, 0.2) is 0 Å². The van der Waals surface area contributed by atoms with Crippen LogP contribution in [0, 0.1) is 17.7 Å². The molecule has 0 aromatic heterocycles. The minimum Gasteiger partial charge on any atom is -0.313 e. The third kappa shape index (κ3) is 7.82. The molecule has 1 nitrogen and oxygen atoms in total. The van der Waals surface area contributed by atoms with Crippen molar-refractivity contribution in [1.82, 2.24) is 5.32 Å². The van der Waals surface area contributed by atoms with Crippen molar-refractivity contribution in [3.8, 4) is 11.8 Å². The van der Waals surface area contributed by atoms with Gasteiger partial charge in [0.2, 0.25) is 0 Å². The summed E-state index contributed by atoms with van der Waals surface area (Å²) in [6.45, 7) is 1.66. The molecule has 0 saturated heterocycles. The molecule has 0 amide bonds. The molecule has 0 aliphatic heterocycles. The largest absolute Gasteiger partial charge is 0.313 e. The van der Waals surface area contributed by atoms with Crippen molar-refractivity contribution in [3.05, 3.63) is 71.0 Å². The van der Waals surface area contributed by atoms with Gasteiger partial charge in [-0.05, 0) is 61.6 Å². The van der Waals surface area contributed by atoms with Gasteiger partial charge in [0.05, 0.1) is 5.56 Å². The van der Waals surface area contributed by atoms with E-state index >= 15 is 0 Å². The molecule has 0 bridgehead atoms. The smallest absolute Gasteiger partial charge is 0.139 e. The first-order valence-electron chi connectivity index (χ1n) is 9.01. The predicted octanol–water partition coefficient (Wildman–Crippen LogP) is 4.95. The Morgan fingerprint density at radius 2 is 1.80 bits per heavy atom. The summed E-state index contributed by atoms with van der Waals surface area (Å²) in [6, 6.07) is 15.8.